The fraction of sp³-hybridized carbons (Fsp3) is 0.0968. The predicted octanol–water partition coefficient (Wildman–Crippen LogP) is 6.09. The summed E-state index contributed by atoms with van der Waals surface area (Å²) in [6, 6.07) is 23.3. The monoisotopic (exact) mass is 543 g/mol. The van der Waals surface area contributed by atoms with Crippen molar-refractivity contribution in [2.75, 3.05) is 0 Å². The summed E-state index contributed by atoms with van der Waals surface area (Å²) in [5, 5.41) is 16.4. The molecule has 0 amide bonds. The summed E-state index contributed by atoms with van der Waals surface area (Å²) >= 11 is 1.51. The minimum Gasteiger partial charge on any atom is -0.439 e. The molecule has 2 N–H and O–H groups in total. The fourth-order valence-corrected chi connectivity index (χ4v) is 6.12. The maximum absolute atomic E-state index is 13.5. The first kappa shape index (κ1) is 23.9. The molecule has 7 rings (SSSR count). The molecule has 8 nitrogen and oxygen atoms in total. The third-order valence-corrected chi connectivity index (χ3v) is 8.09. The number of hydrogen-bond donors (Lipinski definition) is 1. The number of aromatic nitrogens is 3. The van der Waals surface area contributed by atoms with Gasteiger partial charge in [0.2, 0.25) is 11.0 Å². The Morgan fingerprint density at radius 1 is 1.05 bits per heavy atom. The number of rotatable bonds is 3. The Morgan fingerprint density at radius 3 is 2.62 bits per heavy atom. The number of hydrogen-bond acceptors (Lipinski definition) is 8. The highest BCUT2D eigenvalue weighted by Crippen LogP contribution is 2.46. The lowest BCUT2D eigenvalue weighted by Crippen LogP contribution is -2.26. The van der Waals surface area contributed by atoms with Crippen molar-refractivity contribution in [2.24, 2.45) is 5.73 Å². The van der Waals surface area contributed by atoms with Crippen LogP contribution in [-0.4, -0.2) is 14.8 Å². The van der Waals surface area contributed by atoms with Crippen molar-refractivity contribution >= 4 is 32.5 Å². The molecular weight excluding hydrogens is 522 g/mol. The standard InChI is InChI=1S/C31H21N5O3S/c1-16-7-10-18(11-8-16)27-21(15-36(35-27)31-34-22-12-9-17(2)13-24(22)40-31)25-20(14-32)29(33)39-28-19-5-3-4-6-23(19)38-30(37)26(25)28/h3-13,15,25H,33H2,1-2H3. The number of thiazole rings is 1. The average Bonchev–Trinajstić information content (AvgIpc) is 3.57. The topological polar surface area (TPSA) is 120 Å². The molecule has 0 spiro atoms. The molecule has 0 saturated heterocycles. The minimum absolute atomic E-state index is 0.0613. The molecule has 0 bridgehead atoms. The van der Waals surface area contributed by atoms with Gasteiger partial charge >= 0.3 is 5.63 Å². The first-order chi connectivity index (χ1) is 19.4. The summed E-state index contributed by atoms with van der Waals surface area (Å²) in [6.45, 7) is 4.05. The van der Waals surface area contributed by atoms with E-state index in [4.69, 9.17) is 25.0 Å². The van der Waals surface area contributed by atoms with Crippen LogP contribution in [0, 0.1) is 25.2 Å². The molecule has 0 aliphatic carbocycles. The van der Waals surface area contributed by atoms with E-state index in [2.05, 4.69) is 12.1 Å². The highest BCUT2D eigenvalue weighted by molar-refractivity contribution is 7.20. The molecule has 0 saturated carbocycles. The molecule has 1 aliphatic heterocycles. The van der Waals surface area contributed by atoms with Crippen molar-refractivity contribution in [3.8, 4) is 28.2 Å². The van der Waals surface area contributed by atoms with Gasteiger partial charge < -0.3 is 14.9 Å². The Kier molecular flexibility index (Phi) is 5.33. The van der Waals surface area contributed by atoms with Crippen molar-refractivity contribution in [2.45, 2.75) is 19.8 Å². The van der Waals surface area contributed by atoms with Gasteiger partial charge in [0.25, 0.3) is 0 Å². The largest absolute Gasteiger partial charge is 0.439 e. The SMILES string of the molecule is Cc1ccc(-c2nn(-c3nc4ccc(C)cc4s3)cc2C2C(C#N)=C(N)Oc3c2c(=O)oc2ccccc32)cc1. The van der Waals surface area contributed by atoms with Crippen molar-refractivity contribution in [1.82, 2.24) is 14.8 Å². The Hall–Kier alpha value is -5.20. The second kappa shape index (κ2) is 8.93. The number of nitrogens with zero attached hydrogens (tertiary/aromatic N) is 4. The summed E-state index contributed by atoms with van der Waals surface area (Å²) < 4.78 is 14.4. The maximum atomic E-state index is 13.5. The molecule has 194 valence electrons. The number of nitriles is 1. The third kappa shape index (κ3) is 3.69. The fourth-order valence-electron chi connectivity index (χ4n) is 5.13. The summed E-state index contributed by atoms with van der Waals surface area (Å²) in [4.78, 5) is 18.3. The van der Waals surface area contributed by atoms with Crippen LogP contribution in [0.5, 0.6) is 5.75 Å². The molecule has 40 heavy (non-hydrogen) atoms. The Morgan fingerprint density at radius 2 is 1.82 bits per heavy atom. The maximum Gasteiger partial charge on any atom is 0.344 e. The highest BCUT2D eigenvalue weighted by atomic mass is 32.1. The van der Waals surface area contributed by atoms with E-state index >= 15 is 0 Å². The van der Waals surface area contributed by atoms with Crippen molar-refractivity contribution in [3.05, 3.63) is 117 Å². The summed E-state index contributed by atoms with van der Waals surface area (Å²) in [6.07, 6.45) is 1.82. The van der Waals surface area contributed by atoms with Crippen molar-refractivity contribution in [3.63, 3.8) is 0 Å². The average molecular weight is 544 g/mol. The van der Waals surface area contributed by atoms with Gasteiger partial charge in [-0.2, -0.15) is 10.4 Å². The van der Waals surface area contributed by atoms with Gasteiger partial charge in [0.05, 0.1) is 32.8 Å². The van der Waals surface area contributed by atoms with Crippen LogP contribution >= 0.6 is 11.3 Å². The number of allylic oxidation sites excluding steroid dienone is 1. The van der Waals surface area contributed by atoms with E-state index < -0.39 is 11.5 Å². The lowest BCUT2D eigenvalue weighted by atomic mass is 9.83. The van der Waals surface area contributed by atoms with Gasteiger partial charge in [-0.15, -0.1) is 0 Å². The normalized spacial score (nSPS) is 14.8. The molecule has 1 atom stereocenters. The van der Waals surface area contributed by atoms with E-state index in [-0.39, 0.29) is 22.8 Å². The zero-order chi connectivity index (χ0) is 27.5. The number of benzene rings is 3. The molecule has 1 unspecified atom stereocenters. The van der Waals surface area contributed by atoms with Crippen LogP contribution < -0.4 is 16.1 Å². The smallest absolute Gasteiger partial charge is 0.344 e. The second-order valence-corrected chi connectivity index (χ2v) is 10.8. The van der Waals surface area contributed by atoms with Gasteiger partial charge in [0, 0.05) is 17.3 Å². The van der Waals surface area contributed by atoms with E-state index in [0.29, 0.717) is 27.4 Å². The van der Waals surface area contributed by atoms with Gasteiger partial charge in [-0.1, -0.05) is 59.4 Å². The third-order valence-electron chi connectivity index (χ3n) is 7.08. The van der Waals surface area contributed by atoms with Crippen LogP contribution in [0.3, 0.4) is 0 Å². The lowest BCUT2D eigenvalue weighted by Gasteiger charge is -2.25. The van der Waals surface area contributed by atoms with E-state index in [9.17, 15) is 10.1 Å². The summed E-state index contributed by atoms with van der Waals surface area (Å²) in [5.74, 6) is -0.642. The summed E-state index contributed by atoms with van der Waals surface area (Å²) in [5.41, 5.74) is 11.6. The van der Waals surface area contributed by atoms with E-state index in [1.54, 1.807) is 22.9 Å². The van der Waals surface area contributed by atoms with Gasteiger partial charge in [-0.3, -0.25) is 0 Å². The minimum atomic E-state index is -0.865. The quantitative estimate of drug-likeness (QED) is 0.268. The first-order valence-electron chi connectivity index (χ1n) is 12.6. The molecule has 9 heteroatoms. The zero-order valence-corrected chi connectivity index (χ0v) is 22.3. The molecule has 1 aliphatic rings. The van der Waals surface area contributed by atoms with E-state index in [1.165, 1.54) is 11.3 Å². The number of fused-ring (bicyclic) bond motifs is 4. The van der Waals surface area contributed by atoms with Crippen LogP contribution in [-0.2, 0) is 0 Å². The highest BCUT2D eigenvalue weighted by Gasteiger charge is 2.38. The van der Waals surface area contributed by atoms with Crippen LogP contribution in [0.25, 0.3) is 37.6 Å². The molecule has 3 aromatic carbocycles. The molecule has 3 aromatic heterocycles. The first-order valence-corrected chi connectivity index (χ1v) is 13.4. The van der Waals surface area contributed by atoms with Gasteiger partial charge in [0.15, 0.2) is 5.75 Å². The molecular formula is C31H21N5O3S. The van der Waals surface area contributed by atoms with E-state index in [0.717, 1.165) is 26.9 Å². The number of para-hydroxylation sites is 1. The van der Waals surface area contributed by atoms with Crippen molar-refractivity contribution in [1.29, 1.82) is 5.26 Å². The molecule has 6 aromatic rings. The molecule has 0 fully saturated rings. The van der Waals surface area contributed by atoms with Crippen LogP contribution in [0.15, 0.2) is 93.6 Å². The summed E-state index contributed by atoms with van der Waals surface area (Å²) in [7, 11) is 0. The zero-order valence-electron chi connectivity index (χ0n) is 21.5. The molecule has 0 radical (unpaired) electrons. The van der Waals surface area contributed by atoms with Crippen molar-refractivity contribution < 1.29 is 9.15 Å². The number of nitrogens with two attached hydrogens (primary N) is 1. The van der Waals surface area contributed by atoms with E-state index in [1.807, 2.05) is 62.5 Å². The second-order valence-electron chi connectivity index (χ2n) is 9.76. The number of ether oxygens (including phenoxy) is 1. The van der Waals surface area contributed by atoms with Crippen LogP contribution in [0.2, 0.25) is 0 Å². The Labute approximate surface area is 232 Å². The molecule has 4 heterocycles. The predicted molar refractivity (Wildman–Crippen MR) is 153 cm³/mol. The Bertz CT molecular complexity index is 2110. The van der Waals surface area contributed by atoms with Gasteiger partial charge in [-0.05, 0) is 43.7 Å². The van der Waals surface area contributed by atoms with Gasteiger partial charge in [-0.25, -0.2) is 14.5 Å². The van der Waals surface area contributed by atoms with Gasteiger partial charge in [0.1, 0.15) is 17.2 Å². The number of aryl methyl sites for hydroxylation is 2. The van der Waals surface area contributed by atoms with Crippen LogP contribution in [0.4, 0.5) is 0 Å². The Balaban J connectivity index is 1.52. The van der Waals surface area contributed by atoms with Crippen LogP contribution in [0.1, 0.15) is 28.2 Å². The lowest BCUT2D eigenvalue weighted by molar-refractivity contribution is 0.388.